The van der Waals surface area contributed by atoms with Gasteiger partial charge in [0.2, 0.25) is 0 Å². The molecular weight excluding hydrogens is 176 g/mol. The molecule has 0 saturated heterocycles. The van der Waals surface area contributed by atoms with E-state index >= 15 is 0 Å². The van der Waals surface area contributed by atoms with Gasteiger partial charge in [0.05, 0.1) is 5.60 Å². The minimum Gasteiger partial charge on any atom is -0.508 e. The van der Waals surface area contributed by atoms with E-state index in [4.69, 9.17) is 0 Å². The zero-order valence-corrected chi connectivity index (χ0v) is 8.62. The van der Waals surface area contributed by atoms with Crippen LogP contribution < -0.4 is 0 Å². The van der Waals surface area contributed by atoms with Gasteiger partial charge >= 0.3 is 0 Å². The highest BCUT2D eigenvalue weighted by Gasteiger charge is 2.43. The second-order valence-corrected chi connectivity index (χ2v) is 4.46. The Kier molecular flexibility index (Phi) is 2.04. The van der Waals surface area contributed by atoms with Crippen LogP contribution in [-0.4, -0.2) is 10.2 Å². The van der Waals surface area contributed by atoms with Crippen LogP contribution in [0.4, 0.5) is 0 Å². The molecule has 2 heteroatoms. The van der Waals surface area contributed by atoms with E-state index in [1.54, 1.807) is 6.07 Å². The Morgan fingerprint density at radius 3 is 2.36 bits per heavy atom. The molecule has 1 aromatic carbocycles. The fraction of sp³-hybridized carbons (Fsp3) is 0.500. The Morgan fingerprint density at radius 1 is 1.29 bits per heavy atom. The third-order valence-corrected chi connectivity index (χ3v) is 2.91. The van der Waals surface area contributed by atoms with Gasteiger partial charge in [-0.2, -0.15) is 0 Å². The quantitative estimate of drug-likeness (QED) is 0.755. The lowest BCUT2D eigenvalue weighted by Crippen LogP contribution is -2.04. The summed E-state index contributed by atoms with van der Waals surface area (Å²) >= 11 is 0. The molecule has 76 valence electrons. The van der Waals surface area contributed by atoms with Gasteiger partial charge in [-0.3, -0.25) is 0 Å². The first-order valence-corrected chi connectivity index (χ1v) is 5.09. The minimum absolute atomic E-state index is 0.233. The maximum atomic E-state index is 9.85. The van der Waals surface area contributed by atoms with Gasteiger partial charge in [-0.1, -0.05) is 26.0 Å². The average Bonchev–Trinajstić information content (AvgIpc) is 2.84. The molecule has 1 fully saturated rings. The molecule has 0 amide bonds. The highest BCUT2D eigenvalue weighted by molar-refractivity contribution is 5.43. The van der Waals surface area contributed by atoms with Crippen LogP contribution in [0, 0.1) is 0 Å². The summed E-state index contributed by atoms with van der Waals surface area (Å²) in [6.07, 6.45) is 1.53. The number of hydrogen-bond donors (Lipinski definition) is 2. The third kappa shape index (κ3) is 1.50. The molecule has 0 spiro atoms. The van der Waals surface area contributed by atoms with Gasteiger partial charge in [0.25, 0.3) is 0 Å². The normalized spacial score (nSPS) is 18.6. The van der Waals surface area contributed by atoms with E-state index in [1.165, 1.54) is 0 Å². The fourth-order valence-electron chi connectivity index (χ4n) is 1.69. The number of aromatic hydroxyl groups is 1. The van der Waals surface area contributed by atoms with Crippen LogP contribution in [0.3, 0.4) is 0 Å². The van der Waals surface area contributed by atoms with Gasteiger partial charge in [0.15, 0.2) is 0 Å². The van der Waals surface area contributed by atoms with Crippen molar-refractivity contribution in [2.75, 3.05) is 0 Å². The van der Waals surface area contributed by atoms with Crippen molar-refractivity contribution >= 4 is 0 Å². The van der Waals surface area contributed by atoms with Crippen LogP contribution in [0.2, 0.25) is 0 Å². The van der Waals surface area contributed by atoms with Crippen molar-refractivity contribution in [3.8, 4) is 5.75 Å². The molecule has 2 nitrogen and oxygen atoms in total. The van der Waals surface area contributed by atoms with E-state index in [0.29, 0.717) is 11.5 Å². The van der Waals surface area contributed by atoms with E-state index in [1.807, 2.05) is 12.1 Å². The van der Waals surface area contributed by atoms with Crippen molar-refractivity contribution in [2.45, 2.75) is 38.2 Å². The Labute approximate surface area is 84.2 Å². The first-order valence-electron chi connectivity index (χ1n) is 5.09. The summed E-state index contributed by atoms with van der Waals surface area (Å²) in [6.45, 7) is 4.17. The van der Waals surface area contributed by atoms with E-state index in [9.17, 15) is 10.2 Å². The first-order chi connectivity index (χ1) is 6.53. The predicted molar refractivity (Wildman–Crippen MR) is 55.3 cm³/mol. The zero-order chi connectivity index (χ0) is 10.3. The second kappa shape index (κ2) is 2.99. The summed E-state index contributed by atoms with van der Waals surface area (Å²) in [7, 11) is 0. The van der Waals surface area contributed by atoms with Crippen LogP contribution in [0.15, 0.2) is 18.2 Å². The van der Waals surface area contributed by atoms with Crippen molar-refractivity contribution in [2.24, 2.45) is 0 Å². The lowest BCUT2D eigenvalue weighted by atomic mass is 9.98. The summed E-state index contributed by atoms with van der Waals surface area (Å²) < 4.78 is 0. The number of rotatable bonds is 2. The molecule has 1 saturated carbocycles. The van der Waals surface area contributed by atoms with Crippen LogP contribution >= 0.6 is 0 Å². The summed E-state index contributed by atoms with van der Waals surface area (Å²) in [5.74, 6) is 0.639. The van der Waals surface area contributed by atoms with Crippen LogP contribution in [0.5, 0.6) is 5.75 Å². The van der Waals surface area contributed by atoms with Crippen molar-refractivity contribution in [3.63, 3.8) is 0 Å². The van der Waals surface area contributed by atoms with Crippen molar-refractivity contribution in [1.82, 2.24) is 0 Å². The van der Waals surface area contributed by atoms with Gasteiger partial charge in [0, 0.05) is 5.56 Å². The summed E-state index contributed by atoms with van der Waals surface area (Å²) in [6, 6.07) is 5.59. The molecule has 0 aliphatic heterocycles. The molecule has 0 atom stereocenters. The zero-order valence-electron chi connectivity index (χ0n) is 8.62. The molecule has 2 rings (SSSR count). The highest BCUT2D eigenvalue weighted by atomic mass is 16.3. The highest BCUT2D eigenvalue weighted by Crippen LogP contribution is 2.48. The Morgan fingerprint density at radius 2 is 1.93 bits per heavy atom. The number of benzene rings is 1. The molecule has 0 radical (unpaired) electrons. The minimum atomic E-state index is -0.737. The Balaban J connectivity index is 2.37. The third-order valence-electron chi connectivity index (χ3n) is 2.91. The lowest BCUT2D eigenvalue weighted by molar-refractivity contribution is 0.148. The largest absolute Gasteiger partial charge is 0.508 e. The topological polar surface area (TPSA) is 40.5 Å². The molecule has 2 N–H and O–H groups in total. The second-order valence-electron chi connectivity index (χ2n) is 4.46. The van der Waals surface area contributed by atoms with E-state index in [2.05, 4.69) is 13.8 Å². The molecule has 0 unspecified atom stereocenters. The first kappa shape index (κ1) is 9.53. The van der Waals surface area contributed by atoms with Crippen LogP contribution in [0.1, 0.15) is 43.7 Å². The predicted octanol–water partition coefficient (Wildman–Crippen LogP) is 2.50. The summed E-state index contributed by atoms with van der Waals surface area (Å²) in [5.41, 5.74) is 1.05. The fourth-order valence-corrected chi connectivity index (χ4v) is 1.69. The Hall–Kier alpha value is -1.02. The monoisotopic (exact) mass is 192 g/mol. The summed E-state index contributed by atoms with van der Waals surface area (Å²) in [4.78, 5) is 0. The molecule has 1 aliphatic rings. The molecule has 0 aromatic heterocycles. The number of aliphatic hydroxyl groups is 1. The lowest BCUT2D eigenvalue weighted by Gasteiger charge is -2.13. The Bertz CT molecular complexity index is 351. The smallest absolute Gasteiger partial charge is 0.121 e. The molecule has 14 heavy (non-hydrogen) atoms. The van der Waals surface area contributed by atoms with Crippen molar-refractivity contribution in [1.29, 1.82) is 0 Å². The molecular formula is C12H16O2. The van der Waals surface area contributed by atoms with E-state index in [-0.39, 0.29) is 5.75 Å². The number of phenols is 1. The maximum Gasteiger partial charge on any atom is 0.121 e. The van der Waals surface area contributed by atoms with Gasteiger partial charge in [0.1, 0.15) is 5.75 Å². The van der Waals surface area contributed by atoms with E-state index in [0.717, 1.165) is 18.4 Å². The molecule has 1 aromatic rings. The average molecular weight is 192 g/mol. The standard InChI is InChI=1S/C12H16O2/c1-8(2)9-3-4-10(11(13)7-9)12(14)5-6-12/h3-4,7-8,13-14H,5-6H2,1-2H3. The van der Waals surface area contributed by atoms with Gasteiger partial charge in [-0.25, -0.2) is 0 Å². The van der Waals surface area contributed by atoms with Gasteiger partial charge in [-0.05, 0) is 30.4 Å². The van der Waals surface area contributed by atoms with Gasteiger partial charge in [-0.15, -0.1) is 0 Å². The van der Waals surface area contributed by atoms with Crippen LogP contribution in [0.25, 0.3) is 0 Å². The van der Waals surface area contributed by atoms with Crippen molar-refractivity contribution < 1.29 is 10.2 Å². The number of hydrogen-bond acceptors (Lipinski definition) is 2. The molecule has 1 aliphatic carbocycles. The molecule has 0 bridgehead atoms. The molecule has 0 heterocycles. The van der Waals surface area contributed by atoms with Crippen molar-refractivity contribution in [3.05, 3.63) is 29.3 Å². The summed E-state index contributed by atoms with van der Waals surface area (Å²) in [5, 5.41) is 19.6. The van der Waals surface area contributed by atoms with Crippen LogP contribution in [-0.2, 0) is 5.60 Å². The number of phenolic OH excluding ortho intramolecular Hbond substituents is 1. The van der Waals surface area contributed by atoms with E-state index < -0.39 is 5.60 Å². The SMILES string of the molecule is CC(C)c1ccc(C2(O)CC2)c(O)c1. The maximum absolute atomic E-state index is 9.85. The van der Waals surface area contributed by atoms with Gasteiger partial charge < -0.3 is 10.2 Å².